The van der Waals surface area contributed by atoms with Gasteiger partial charge in [-0.1, -0.05) is 0 Å². The maximum Gasteiger partial charge on any atom is 0.327 e. The van der Waals surface area contributed by atoms with E-state index in [1.54, 1.807) is 0 Å². The second kappa shape index (κ2) is 2.49. The Labute approximate surface area is 61.8 Å². The van der Waals surface area contributed by atoms with Crippen LogP contribution in [-0.4, -0.2) is 15.5 Å². The molecule has 0 aromatic carbocycles. The van der Waals surface area contributed by atoms with Crippen LogP contribution in [0, 0.1) is 0 Å². The van der Waals surface area contributed by atoms with Gasteiger partial charge in [0.25, 0.3) is 0 Å². The number of aromatic amines is 1. The van der Waals surface area contributed by atoms with Crippen LogP contribution in [0.3, 0.4) is 0 Å². The number of carbonyl (C=O) groups is 1. The zero-order valence-corrected chi connectivity index (χ0v) is 5.70. The lowest BCUT2D eigenvalue weighted by Crippen LogP contribution is -2.27. The summed E-state index contributed by atoms with van der Waals surface area (Å²) in [6.45, 7) is -0.186. The number of imidazole rings is 1. The first-order valence-corrected chi connectivity index (χ1v) is 2.93. The van der Waals surface area contributed by atoms with Crippen molar-refractivity contribution in [2.24, 2.45) is 5.73 Å². The number of nitrogens with zero attached hydrogens (tertiary/aromatic N) is 1. The van der Waals surface area contributed by atoms with Gasteiger partial charge in [0.05, 0.1) is 0 Å². The van der Waals surface area contributed by atoms with Crippen LogP contribution in [0.15, 0.2) is 11.0 Å². The average Bonchev–Trinajstić information content (AvgIpc) is 2.18. The molecule has 1 amide bonds. The van der Waals surface area contributed by atoms with Crippen molar-refractivity contribution in [3.8, 4) is 0 Å². The molecule has 60 valence electrons. The summed E-state index contributed by atoms with van der Waals surface area (Å²) in [6, 6.07) is 0. The van der Waals surface area contributed by atoms with E-state index in [1.165, 1.54) is 6.20 Å². The van der Waals surface area contributed by atoms with Crippen LogP contribution in [0.2, 0.25) is 0 Å². The number of hydrogen-bond donors (Lipinski definition) is 3. The van der Waals surface area contributed by atoms with Crippen LogP contribution in [0.1, 0.15) is 0 Å². The molecule has 0 aliphatic carbocycles. The molecule has 0 bridgehead atoms. The molecule has 0 radical (unpaired) electrons. The lowest BCUT2D eigenvalue weighted by Gasteiger charge is -1.97. The molecule has 0 atom stereocenters. The molecule has 0 saturated carbocycles. The van der Waals surface area contributed by atoms with Gasteiger partial charge in [-0.15, -0.1) is 0 Å². The summed E-state index contributed by atoms with van der Waals surface area (Å²) >= 11 is 0. The summed E-state index contributed by atoms with van der Waals surface area (Å²) in [5, 5.41) is 0. The third-order valence-corrected chi connectivity index (χ3v) is 1.21. The number of primary amides is 1. The third kappa shape index (κ3) is 1.40. The second-order valence-electron chi connectivity index (χ2n) is 2.07. The van der Waals surface area contributed by atoms with Gasteiger partial charge in [0.2, 0.25) is 5.91 Å². The van der Waals surface area contributed by atoms with E-state index in [9.17, 15) is 9.59 Å². The standard InChI is InChI=1S/C5H8N4O2/c6-3-1-8-5(11)9(3)2-4(7)10/h1H,2,6H2,(H2,7,10)(H,8,11). The predicted octanol–water partition coefficient (Wildman–Crippen LogP) is -1.76. The number of H-pyrrole nitrogens is 1. The van der Waals surface area contributed by atoms with E-state index >= 15 is 0 Å². The Morgan fingerprint density at radius 1 is 1.73 bits per heavy atom. The zero-order valence-electron chi connectivity index (χ0n) is 5.70. The van der Waals surface area contributed by atoms with Crippen molar-refractivity contribution in [2.45, 2.75) is 6.54 Å². The van der Waals surface area contributed by atoms with Crippen molar-refractivity contribution >= 4 is 11.7 Å². The maximum absolute atomic E-state index is 10.8. The van der Waals surface area contributed by atoms with Gasteiger partial charge < -0.3 is 16.5 Å². The lowest BCUT2D eigenvalue weighted by atomic mass is 10.6. The molecule has 0 spiro atoms. The number of hydrogen-bond acceptors (Lipinski definition) is 3. The monoisotopic (exact) mass is 156 g/mol. The quantitative estimate of drug-likeness (QED) is 0.472. The fraction of sp³-hybridized carbons (Fsp3) is 0.200. The number of amides is 1. The maximum atomic E-state index is 10.8. The number of anilines is 1. The first-order chi connectivity index (χ1) is 5.11. The van der Waals surface area contributed by atoms with Crippen molar-refractivity contribution in [1.82, 2.24) is 9.55 Å². The van der Waals surface area contributed by atoms with E-state index in [2.05, 4.69) is 4.98 Å². The van der Waals surface area contributed by atoms with Crippen LogP contribution in [0.4, 0.5) is 5.82 Å². The SMILES string of the molecule is NC(=O)Cn1c(N)c[nH]c1=O. The van der Waals surface area contributed by atoms with Gasteiger partial charge in [-0.3, -0.25) is 9.36 Å². The Morgan fingerprint density at radius 3 is 2.73 bits per heavy atom. The van der Waals surface area contributed by atoms with Crippen molar-refractivity contribution in [3.05, 3.63) is 16.7 Å². The van der Waals surface area contributed by atoms with E-state index in [4.69, 9.17) is 11.5 Å². The molecule has 0 aliphatic rings. The first kappa shape index (κ1) is 7.39. The summed E-state index contributed by atoms with van der Waals surface area (Å²) < 4.78 is 1.06. The Bertz CT molecular complexity index is 323. The van der Waals surface area contributed by atoms with Crippen LogP contribution in [-0.2, 0) is 11.3 Å². The van der Waals surface area contributed by atoms with Gasteiger partial charge >= 0.3 is 5.69 Å². The molecular weight excluding hydrogens is 148 g/mol. The minimum absolute atomic E-state index is 0.186. The highest BCUT2D eigenvalue weighted by Gasteiger charge is 2.03. The van der Waals surface area contributed by atoms with E-state index in [0.29, 0.717) is 0 Å². The van der Waals surface area contributed by atoms with Crippen LogP contribution in [0.5, 0.6) is 0 Å². The minimum atomic E-state index is -0.599. The lowest BCUT2D eigenvalue weighted by molar-refractivity contribution is -0.118. The minimum Gasteiger partial charge on any atom is -0.384 e. The normalized spacial score (nSPS) is 9.82. The Kier molecular flexibility index (Phi) is 1.67. The van der Waals surface area contributed by atoms with Gasteiger partial charge in [0, 0.05) is 6.20 Å². The predicted molar refractivity (Wildman–Crippen MR) is 38.7 cm³/mol. The third-order valence-electron chi connectivity index (χ3n) is 1.21. The van der Waals surface area contributed by atoms with Gasteiger partial charge in [0.15, 0.2) is 0 Å². The Hall–Kier alpha value is -1.72. The highest BCUT2D eigenvalue weighted by atomic mass is 16.2. The van der Waals surface area contributed by atoms with Crippen molar-refractivity contribution in [1.29, 1.82) is 0 Å². The fourth-order valence-electron chi connectivity index (χ4n) is 0.728. The van der Waals surface area contributed by atoms with Gasteiger partial charge in [0.1, 0.15) is 12.4 Å². The van der Waals surface area contributed by atoms with Crippen LogP contribution < -0.4 is 17.2 Å². The number of nitrogens with one attached hydrogen (secondary N) is 1. The number of nitrogen functional groups attached to an aromatic ring is 1. The summed E-state index contributed by atoms with van der Waals surface area (Å²) in [4.78, 5) is 23.5. The van der Waals surface area contributed by atoms with Crippen LogP contribution in [0.25, 0.3) is 0 Å². The first-order valence-electron chi connectivity index (χ1n) is 2.93. The van der Waals surface area contributed by atoms with Crippen LogP contribution >= 0.6 is 0 Å². The van der Waals surface area contributed by atoms with E-state index in [1.807, 2.05) is 0 Å². The molecule has 1 aromatic heterocycles. The number of rotatable bonds is 2. The molecule has 5 N–H and O–H groups in total. The molecule has 0 aliphatic heterocycles. The number of nitrogens with two attached hydrogens (primary N) is 2. The Morgan fingerprint density at radius 2 is 2.36 bits per heavy atom. The molecule has 1 heterocycles. The summed E-state index contributed by atoms with van der Waals surface area (Å²) in [5.41, 5.74) is 9.74. The summed E-state index contributed by atoms with van der Waals surface area (Å²) in [7, 11) is 0. The molecule has 1 aromatic rings. The van der Waals surface area contributed by atoms with Gasteiger partial charge in [-0.2, -0.15) is 0 Å². The van der Waals surface area contributed by atoms with Crippen molar-refractivity contribution in [2.75, 3.05) is 5.73 Å². The molecule has 0 saturated heterocycles. The van der Waals surface area contributed by atoms with E-state index < -0.39 is 11.6 Å². The molecular formula is C5H8N4O2. The van der Waals surface area contributed by atoms with E-state index in [0.717, 1.165) is 4.57 Å². The van der Waals surface area contributed by atoms with Crippen molar-refractivity contribution in [3.63, 3.8) is 0 Å². The average molecular weight is 156 g/mol. The van der Waals surface area contributed by atoms with E-state index in [-0.39, 0.29) is 12.4 Å². The summed E-state index contributed by atoms with van der Waals surface area (Å²) in [6.07, 6.45) is 1.31. The summed E-state index contributed by atoms with van der Waals surface area (Å²) in [5.74, 6) is -0.396. The smallest absolute Gasteiger partial charge is 0.327 e. The fourth-order valence-corrected chi connectivity index (χ4v) is 0.728. The topological polar surface area (TPSA) is 107 Å². The highest BCUT2D eigenvalue weighted by molar-refractivity contribution is 5.73. The molecule has 1 rings (SSSR count). The number of aromatic nitrogens is 2. The molecule has 11 heavy (non-hydrogen) atoms. The van der Waals surface area contributed by atoms with Gasteiger partial charge in [-0.05, 0) is 0 Å². The molecule has 6 heteroatoms. The Balaban J connectivity index is 3.01. The molecule has 0 fully saturated rings. The molecule has 0 unspecified atom stereocenters. The highest BCUT2D eigenvalue weighted by Crippen LogP contribution is 1.93. The second-order valence-corrected chi connectivity index (χ2v) is 2.07. The number of carbonyl (C=O) groups excluding carboxylic acids is 1. The zero-order chi connectivity index (χ0) is 8.43. The molecule has 6 nitrogen and oxygen atoms in total. The van der Waals surface area contributed by atoms with Gasteiger partial charge in [-0.25, -0.2) is 4.79 Å². The largest absolute Gasteiger partial charge is 0.384 e. The van der Waals surface area contributed by atoms with Crippen molar-refractivity contribution < 1.29 is 4.79 Å².